The molecule has 0 aliphatic heterocycles. The van der Waals surface area contributed by atoms with Gasteiger partial charge in [-0.2, -0.15) is 9.67 Å². The molecule has 32 heavy (non-hydrogen) atoms. The zero-order chi connectivity index (χ0) is 22.8. The number of unbranched alkanes of at least 4 members (excludes halogenated alkanes) is 3. The Morgan fingerprint density at radius 2 is 1.75 bits per heavy atom. The van der Waals surface area contributed by atoms with E-state index in [0.29, 0.717) is 31.2 Å². The van der Waals surface area contributed by atoms with Crippen molar-refractivity contribution in [3.8, 4) is 17.4 Å². The summed E-state index contributed by atoms with van der Waals surface area (Å²) >= 11 is 0. The van der Waals surface area contributed by atoms with E-state index in [9.17, 15) is 4.79 Å². The van der Waals surface area contributed by atoms with Crippen LogP contribution in [-0.2, 0) is 11.2 Å². The van der Waals surface area contributed by atoms with Gasteiger partial charge < -0.3 is 9.47 Å². The van der Waals surface area contributed by atoms with Crippen molar-refractivity contribution < 1.29 is 14.3 Å². The third-order valence-corrected chi connectivity index (χ3v) is 5.35. The highest BCUT2D eigenvalue weighted by molar-refractivity contribution is 5.97. The normalized spacial score (nSPS) is 11.0. The molecule has 0 saturated heterocycles. The van der Waals surface area contributed by atoms with Crippen LogP contribution < -0.4 is 4.74 Å². The van der Waals surface area contributed by atoms with E-state index in [4.69, 9.17) is 9.47 Å². The van der Waals surface area contributed by atoms with E-state index in [2.05, 4.69) is 17.0 Å². The highest BCUT2D eigenvalue weighted by Gasteiger charge is 2.21. The van der Waals surface area contributed by atoms with Gasteiger partial charge in [-0.3, -0.25) is 4.79 Å². The first-order valence-electron chi connectivity index (χ1n) is 11.5. The molecule has 0 aliphatic rings. The van der Waals surface area contributed by atoms with Gasteiger partial charge in [0.2, 0.25) is 0 Å². The lowest BCUT2D eigenvalue weighted by Gasteiger charge is -2.08. The smallest absolute Gasteiger partial charge is 0.336 e. The lowest BCUT2D eigenvalue weighted by atomic mass is 10.0. The Kier molecular flexibility index (Phi) is 8.99. The number of aryl methyl sites for hydroxylation is 2. The first-order chi connectivity index (χ1) is 15.6. The Morgan fingerprint density at radius 3 is 2.47 bits per heavy atom. The summed E-state index contributed by atoms with van der Waals surface area (Å²) in [4.78, 5) is 17.8. The Labute approximate surface area is 190 Å². The molecule has 0 radical (unpaired) electrons. The Morgan fingerprint density at radius 1 is 0.969 bits per heavy atom. The molecule has 0 atom stereocenters. The number of carbonyl (C=O) groups excluding carboxylic acids is 1. The van der Waals surface area contributed by atoms with Crippen molar-refractivity contribution in [2.45, 2.75) is 52.9 Å². The molecule has 0 N–H and O–H groups in total. The van der Waals surface area contributed by atoms with Crippen LogP contribution in [0.4, 0.5) is 0 Å². The number of benzene rings is 2. The summed E-state index contributed by atoms with van der Waals surface area (Å²) in [6.07, 6.45) is 5.93. The van der Waals surface area contributed by atoms with Crippen molar-refractivity contribution in [2.24, 2.45) is 0 Å². The van der Waals surface area contributed by atoms with Crippen molar-refractivity contribution in [3.05, 3.63) is 65.2 Å². The molecule has 0 fully saturated rings. The van der Waals surface area contributed by atoms with Crippen LogP contribution in [0.25, 0.3) is 11.4 Å². The summed E-state index contributed by atoms with van der Waals surface area (Å²) in [6.45, 7) is 7.52. The topological polar surface area (TPSA) is 66.2 Å². The number of rotatable bonds is 12. The van der Waals surface area contributed by atoms with Crippen molar-refractivity contribution in [1.29, 1.82) is 0 Å². The average Bonchev–Trinajstić information content (AvgIpc) is 3.24. The molecule has 0 unspecified atom stereocenters. The Balaban J connectivity index is 1.82. The molecule has 0 aliphatic carbocycles. The minimum atomic E-state index is -0.229. The highest BCUT2D eigenvalue weighted by Crippen LogP contribution is 2.24. The molecular weight excluding hydrogens is 402 g/mol. The molecule has 0 saturated carbocycles. The molecule has 170 valence electrons. The number of hydrogen-bond acceptors (Lipinski definition) is 5. The molecule has 1 heterocycles. The second-order valence-corrected chi connectivity index (χ2v) is 7.80. The van der Waals surface area contributed by atoms with Gasteiger partial charge in [0.05, 0.1) is 6.61 Å². The van der Waals surface area contributed by atoms with E-state index in [-0.39, 0.29) is 11.9 Å². The van der Waals surface area contributed by atoms with E-state index in [1.165, 1.54) is 35.9 Å². The summed E-state index contributed by atoms with van der Waals surface area (Å²) in [7, 11) is 0. The second-order valence-electron chi connectivity index (χ2n) is 7.80. The highest BCUT2D eigenvalue weighted by atomic mass is 16.5. The van der Waals surface area contributed by atoms with Crippen LogP contribution in [0, 0.1) is 6.92 Å². The number of carbonyl (C=O) groups is 1. The van der Waals surface area contributed by atoms with Gasteiger partial charge in [-0.25, -0.2) is 0 Å². The van der Waals surface area contributed by atoms with Crippen LogP contribution in [0.3, 0.4) is 0 Å². The summed E-state index contributed by atoms with van der Waals surface area (Å²) in [5.74, 6) is 0.246. The first-order valence-corrected chi connectivity index (χ1v) is 11.5. The fourth-order valence-electron chi connectivity index (χ4n) is 3.52. The first kappa shape index (κ1) is 23.7. The van der Waals surface area contributed by atoms with Gasteiger partial charge >= 0.3 is 6.01 Å². The fraction of sp³-hybridized carbons (Fsp3) is 0.423. The molecule has 6 nitrogen and oxygen atoms in total. The van der Waals surface area contributed by atoms with Crippen LogP contribution in [0.15, 0.2) is 48.5 Å². The summed E-state index contributed by atoms with van der Waals surface area (Å²) in [5, 5.41) is 4.37. The Bertz CT molecular complexity index is 996. The second kappa shape index (κ2) is 12.2. The number of ether oxygens (including phenoxy) is 2. The van der Waals surface area contributed by atoms with Crippen LogP contribution in [0.1, 0.15) is 61.0 Å². The standard InChI is InChI=1S/C26H33N3O3/c1-4-6-7-8-12-21-14-16-22(17-15-21)25(30)29-24(23-13-10-9-11-20(23)3)27-26(28-29)32-19-18-31-5-2/h9-11,13-17H,4-8,12,18-19H2,1-3H3. The number of hydrogen-bond donors (Lipinski definition) is 0. The SMILES string of the molecule is CCCCCCc1ccc(C(=O)n2nc(OCCOCC)nc2-c2ccccc2C)cc1. The summed E-state index contributed by atoms with van der Waals surface area (Å²) in [5.41, 5.74) is 3.68. The largest absolute Gasteiger partial charge is 0.460 e. The van der Waals surface area contributed by atoms with Crippen molar-refractivity contribution in [2.75, 3.05) is 19.8 Å². The van der Waals surface area contributed by atoms with Crippen LogP contribution in [0.2, 0.25) is 0 Å². The minimum Gasteiger partial charge on any atom is -0.460 e. The number of aromatic nitrogens is 3. The van der Waals surface area contributed by atoms with Gasteiger partial charge in [0, 0.05) is 17.7 Å². The van der Waals surface area contributed by atoms with E-state index in [0.717, 1.165) is 17.5 Å². The average molecular weight is 436 g/mol. The molecular formula is C26H33N3O3. The molecule has 0 bridgehead atoms. The lowest BCUT2D eigenvalue weighted by molar-refractivity contribution is 0.0938. The zero-order valence-electron chi connectivity index (χ0n) is 19.3. The van der Waals surface area contributed by atoms with Gasteiger partial charge in [0.25, 0.3) is 5.91 Å². The molecule has 0 amide bonds. The molecule has 1 aromatic heterocycles. The van der Waals surface area contributed by atoms with Crippen LogP contribution in [0.5, 0.6) is 6.01 Å². The van der Waals surface area contributed by atoms with Crippen molar-refractivity contribution in [1.82, 2.24) is 14.8 Å². The van der Waals surface area contributed by atoms with Gasteiger partial charge in [0.1, 0.15) is 6.61 Å². The van der Waals surface area contributed by atoms with Gasteiger partial charge in [-0.05, 0) is 49.9 Å². The predicted octanol–water partition coefficient (Wildman–Crippen LogP) is 5.48. The maximum absolute atomic E-state index is 13.3. The summed E-state index contributed by atoms with van der Waals surface area (Å²) in [6, 6.07) is 15.8. The van der Waals surface area contributed by atoms with Crippen LogP contribution in [-0.4, -0.2) is 40.5 Å². The fourth-order valence-corrected chi connectivity index (χ4v) is 3.52. The lowest BCUT2D eigenvalue weighted by Crippen LogP contribution is -2.16. The summed E-state index contributed by atoms with van der Waals surface area (Å²) < 4.78 is 12.3. The van der Waals surface area contributed by atoms with Gasteiger partial charge in [0.15, 0.2) is 5.82 Å². The van der Waals surface area contributed by atoms with E-state index < -0.39 is 0 Å². The van der Waals surface area contributed by atoms with E-state index >= 15 is 0 Å². The third kappa shape index (κ3) is 6.26. The van der Waals surface area contributed by atoms with Crippen molar-refractivity contribution >= 4 is 5.91 Å². The molecule has 0 spiro atoms. The zero-order valence-corrected chi connectivity index (χ0v) is 19.3. The van der Waals surface area contributed by atoms with Gasteiger partial charge in [-0.15, -0.1) is 5.10 Å². The molecule has 2 aromatic carbocycles. The number of nitrogens with zero attached hydrogens (tertiary/aromatic N) is 3. The molecule has 6 heteroatoms. The molecule has 3 aromatic rings. The minimum absolute atomic E-state index is 0.170. The third-order valence-electron chi connectivity index (χ3n) is 5.35. The predicted molar refractivity (Wildman–Crippen MR) is 126 cm³/mol. The quantitative estimate of drug-likeness (QED) is 0.352. The van der Waals surface area contributed by atoms with Crippen LogP contribution >= 0.6 is 0 Å². The Hall–Kier alpha value is -2.99. The van der Waals surface area contributed by atoms with E-state index in [1.807, 2.05) is 62.4 Å². The van der Waals surface area contributed by atoms with E-state index in [1.54, 1.807) is 0 Å². The van der Waals surface area contributed by atoms with Gasteiger partial charge in [-0.1, -0.05) is 62.6 Å². The maximum Gasteiger partial charge on any atom is 0.336 e. The maximum atomic E-state index is 13.3. The molecule has 3 rings (SSSR count). The van der Waals surface area contributed by atoms with Crippen molar-refractivity contribution in [3.63, 3.8) is 0 Å². The monoisotopic (exact) mass is 435 g/mol.